The maximum atomic E-state index is 5.95. The van der Waals surface area contributed by atoms with Crippen LogP contribution in [0.15, 0.2) is 223 Å². The van der Waals surface area contributed by atoms with Gasteiger partial charge in [0.15, 0.2) is 0 Å². The van der Waals surface area contributed by atoms with Crippen LogP contribution in [0.5, 0.6) is 0 Å². The van der Waals surface area contributed by atoms with Crippen molar-refractivity contribution < 1.29 is 4.42 Å². The molecule has 1 aliphatic heterocycles. The fourth-order valence-electron chi connectivity index (χ4n) is 10.00. The summed E-state index contributed by atoms with van der Waals surface area (Å²) in [6.07, 6.45) is 1.77. The van der Waals surface area contributed by atoms with Crippen LogP contribution in [0.1, 0.15) is 22.3 Å². The van der Waals surface area contributed by atoms with E-state index >= 15 is 0 Å². The van der Waals surface area contributed by atoms with Crippen molar-refractivity contribution in [3.63, 3.8) is 0 Å². The molecule has 2 aliphatic rings. The van der Waals surface area contributed by atoms with Crippen LogP contribution in [-0.4, -0.2) is 0 Å². The maximum absolute atomic E-state index is 5.95. The Morgan fingerprint density at radius 1 is 0.397 bits per heavy atom. The van der Waals surface area contributed by atoms with Crippen LogP contribution in [0.4, 0.5) is 34.1 Å². The summed E-state index contributed by atoms with van der Waals surface area (Å²) in [6.45, 7) is 0. The van der Waals surface area contributed by atoms with Crippen molar-refractivity contribution in [1.29, 1.82) is 0 Å². The predicted octanol–water partition coefficient (Wildman–Crippen LogP) is 14.9. The van der Waals surface area contributed by atoms with E-state index in [0.29, 0.717) is 0 Å². The minimum atomic E-state index is -0.565. The second kappa shape index (κ2) is 12.7. The molecule has 10 aromatic rings. The summed E-state index contributed by atoms with van der Waals surface area (Å²) in [4.78, 5) is 4.92. The lowest BCUT2D eigenvalue weighted by Crippen LogP contribution is -2.36. The molecule has 0 N–H and O–H groups in total. The molecule has 9 aromatic carbocycles. The van der Waals surface area contributed by atoms with E-state index < -0.39 is 5.41 Å². The van der Waals surface area contributed by atoms with E-state index in [1.165, 1.54) is 61.2 Å². The van der Waals surface area contributed by atoms with Crippen molar-refractivity contribution in [2.45, 2.75) is 5.41 Å². The van der Waals surface area contributed by atoms with E-state index in [1.54, 1.807) is 6.26 Å². The molecular weight excluding hydrogens is 705 g/mol. The molecule has 0 fully saturated rings. The normalized spacial score (nSPS) is 13.3. The molecule has 58 heavy (non-hydrogen) atoms. The topological polar surface area (TPSA) is 19.6 Å². The number of fused-ring (bicyclic) bond motifs is 11. The minimum Gasteiger partial charge on any atom is -0.464 e. The first-order valence-electron chi connectivity index (χ1n) is 19.9. The van der Waals surface area contributed by atoms with Gasteiger partial charge in [0, 0.05) is 33.3 Å². The molecule has 0 unspecified atom stereocenters. The first-order chi connectivity index (χ1) is 28.8. The fourth-order valence-corrected chi connectivity index (χ4v) is 10.00. The Bertz CT molecular complexity index is 3140. The van der Waals surface area contributed by atoms with Gasteiger partial charge in [-0.15, -0.1) is 0 Å². The van der Waals surface area contributed by atoms with Gasteiger partial charge in [0.2, 0.25) is 0 Å². The summed E-state index contributed by atoms with van der Waals surface area (Å²) in [5.74, 6) is 0. The minimum absolute atomic E-state index is 0.565. The number of nitrogens with zero attached hydrogens (tertiary/aromatic N) is 2. The van der Waals surface area contributed by atoms with Gasteiger partial charge in [-0.05, 0) is 93.4 Å². The molecule has 1 aromatic heterocycles. The number of furan rings is 1. The van der Waals surface area contributed by atoms with Crippen molar-refractivity contribution in [2.75, 3.05) is 9.80 Å². The first-order valence-corrected chi connectivity index (χ1v) is 19.9. The third-order valence-corrected chi connectivity index (χ3v) is 12.3. The molecule has 0 saturated carbocycles. The van der Waals surface area contributed by atoms with Crippen LogP contribution in [0.3, 0.4) is 0 Å². The van der Waals surface area contributed by atoms with E-state index in [-0.39, 0.29) is 0 Å². The summed E-state index contributed by atoms with van der Waals surface area (Å²) in [7, 11) is 0. The van der Waals surface area contributed by atoms with Gasteiger partial charge in [0.25, 0.3) is 0 Å². The molecule has 0 bridgehead atoms. The van der Waals surface area contributed by atoms with Crippen LogP contribution in [0, 0.1) is 0 Å². The van der Waals surface area contributed by atoms with Crippen LogP contribution < -0.4 is 9.80 Å². The second-order valence-corrected chi connectivity index (χ2v) is 15.2. The Morgan fingerprint density at radius 2 is 0.966 bits per heavy atom. The van der Waals surface area contributed by atoms with Gasteiger partial charge in [-0.2, -0.15) is 0 Å². The summed E-state index contributed by atoms with van der Waals surface area (Å²) < 4.78 is 5.95. The van der Waals surface area contributed by atoms with Gasteiger partial charge in [-0.1, -0.05) is 158 Å². The molecule has 12 rings (SSSR count). The number of anilines is 6. The van der Waals surface area contributed by atoms with Crippen molar-refractivity contribution >= 4 is 55.9 Å². The lowest BCUT2D eigenvalue weighted by Gasteiger charge is -2.45. The number of para-hydroxylation sites is 4. The zero-order valence-corrected chi connectivity index (χ0v) is 31.6. The lowest BCUT2D eigenvalue weighted by molar-refractivity contribution is 0.617. The molecule has 0 radical (unpaired) electrons. The van der Waals surface area contributed by atoms with Crippen molar-refractivity contribution in [2.24, 2.45) is 0 Å². The number of benzene rings is 9. The molecule has 0 atom stereocenters. The summed E-state index contributed by atoms with van der Waals surface area (Å²) >= 11 is 0. The first kappa shape index (κ1) is 32.6. The van der Waals surface area contributed by atoms with Gasteiger partial charge >= 0.3 is 0 Å². The van der Waals surface area contributed by atoms with Crippen molar-refractivity contribution in [3.8, 4) is 22.3 Å². The van der Waals surface area contributed by atoms with Crippen LogP contribution in [0.2, 0.25) is 0 Å². The highest BCUT2D eigenvalue weighted by molar-refractivity contribution is 6.05. The molecule has 3 nitrogen and oxygen atoms in total. The van der Waals surface area contributed by atoms with E-state index in [9.17, 15) is 0 Å². The quantitative estimate of drug-likeness (QED) is 0.175. The molecule has 272 valence electrons. The molecule has 0 amide bonds. The zero-order chi connectivity index (χ0) is 38.2. The Hall–Kier alpha value is -7.62. The average molecular weight is 741 g/mol. The lowest BCUT2D eigenvalue weighted by atomic mass is 9.64. The third kappa shape index (κ3) is 4.56. The highest BCUT2D eigenvalue weighted by Gasteiger charge is 2.52. The predicted molar refractivity (Wildman–Crippen MR) is 239 cm³/mol. The highest BCUT2D eigenvalue weighted by atomic mass is 16.3. The van der Waals surface area contributed by atoms with Gasteiger partial charge in [-0.3, -0.25) is 0 Å². The molecule has 1 spiro atoms. The van der Waals surface area contributed by atoms with Crippen LogP contribution in [-0.2, 0) is 5.41 Å². The SMILES string of the molecule is c1ccc(N(c2ccc(-c3cccc4ccoc34)cc2)c2cccc3c2-c2ccccc2C32c3ccccc3N(c3cccc4ccccc34)c3ccccc32)cc1. The fraction of sp³-hybridized carbons (Fsp3) is 0.0182. The van der Waals surface area contributed by atoms with E-state index in [2.05, 4.69) is 216 Å². The van der Waals surface area contributed by atoms with Gasteiger partial charge in [0.05, 0.1) is 34.4 Å². The van der Waals surface area contributed by atoms with Gasteiger partial charge in [-0.25, -0.2) is 0 Å². The molecule has 3 heteroatoms. The van der Waals surface area contributed by atoms with Crippen LogP contribution >= 0.6 is 0 Å². The molecule has 1 aliphatic carbocycles. The van der Waals surface area contributed by atoms with E-state index in [0.717, 1.165) is 39.2 Å². The molecule has 2 heterocycles. The number of hydrogen-bond donors (Lipinski definition) is 0. The standard InChI is InChI=1S/C55H36N2O/c1-2-18-40(19-3-1)56(41-33-31-38(32-34-41)43-22-12-17-39-35-36-58-54(39)43)52-30-14-26-48-53(52)44-21-6-7-23-45(44)55(48)46-24-8-10-27-50(46)57(51-28-11-9-25-47(51)55)49-29-13-16-37-15-4-5-20-42(37)49/h1-36H. The Balaban J connectivity index is 1.11. The Kier molecular flexibility index (Phi) is 7.14. The molecular formula is C55H36N2O. The largest absolute Gasteiger partial charge is 0.464 e. The summed E-state index contributed by atoms with van der Waals surface area (Å²) in [6, 6.07) is 77.5. The third-order valence-electron chi connectivity index (χ3n) is 12.3. The van der Waals surface area contributed by atoms with E-state index in [1.807, 2.05) is 6.07 Å². The van der Waals surface area contributed by atoms with Gasteiger partial charge in [0.1, 0.15) is 5.58 Å². The van der Waals surface area contributed by atoms with Crippen molar-refractivity contribution in [1.82, 2.24) is 0 Å². The van der Waals surface area contributed by atoms with Crippen molar-refractivity contribution in [3.05, 3.63) is 241 Å². The highest BCUT2D eigenvalue weighted by Crippen LogP contribution is 2.65. The summed E-state index contributed by atoms with van der Waals surface area (Å²) in [5, 5.41) is 3.56. The smallest absolute Gasteiger partial charge is 0.141 e. The van der Waals surface area contributed by atoms with Crippen LogP contribution in [0.25, 0.3) is 44.0 Å². The Morgan fingerprint density at radius 3 is 1.78 bits per heavy atom. The second-order valence-electron chi connectivity index (χ2n) is 15.2. The zero-order valence-electron chi connectivity index (χ0n) is 31.6. The Labute approximate surface area is 337 Å². The summed E-state index contributed by atoms with van der Waals surface area (Å²) in [5.41, 5.74) is 17.0. The monoisotopic (exact) mass is 740 g/mol. The number of hydrogen-bond acceptors (Lipinski definition) is 3. The molecule has 0 saturated heterocycles. The average Bonchev–Trinajstić information content (AvgIpc) is 3.90. The number of rotatable bonds is 5. The van der Waals surface area contributed by atoms with E-state index in [4.69, 9.17) is 4.42 Å². The van der Waals surface area contributed by atoms with Gasteiger partial charge < -0.3 is 14.2 Å². The maximum Gasteiger partial charge on any atom is 0.141 e.